The van der Waals surface area contributed by atoms with Crippen LogP contribution in [0, 0.1) is 20.8 Å². The van der Waals surface area contributed by atoms with Crippen LogP contribution in [0.5, 0.6) is 17.2 Å². The Labute approximate surface area is 126 Å². The van der Waals surface area contributed by atoms with Crippen molar-refractivity contribution in [1.29, 1.82) is 0 Å². The molecule has 0 fully saturated rings. The van der Waals surface area contributed by atoms with E-state index in [9.17, 15) is 0 Å². The van der Waals surface area contributed by atoms with Gasteiger partial charge in [0.1, 0.15) is 19.0 Å². The molecule has 0 atom stereocenters. The van der Waals surface area contributed by atoms with Crippen LogP contribution in [0.15, 0.2) is 36.4 Å². The van der Waals surface area contributed by atoms with Crippen molar-refractivity contribution in [1.82, 2.24) is 0 Å². The van der Waals surface area contributed by atoms with Gasteiger partial charge in [-0.3, -0.25) is 0 Å². The summed E-state index contributed by atoms with van der Waals surface area (Å²) in [4.78, 5) is 0. The van der Waals surface area contributed by atoms with Crippen molar-refractivity contribution in [2.45, 2.75) is 20.8 Å². The van der Waals surface area contributed by atoms with Crippen LogP contribution in [0.4, 0.5) is 0 Å². The molecule has 0 saturated carbocycles. The van der Waals surface area contributed by atoms with E-state index in [1.807, 2.05) is 44.2 Å². The second-order valence-corrected chi connectivity index (χ2v) is 5.12. The number of rotatable bonds is 6. The number of aryl methyl sites for hydroxylation is 3. The van der Waals surface area contributed by atoms with Gasteiger partial charge in [-0.2, -0.15) is 0 Å². The van der Waals surface area contributed by atoms with E-state index in [-0.39, 0.29) is 0 Å². The van der Waals surface area contributed by atoms with Crippen LogP contribution < -0.4 is 14.2 Å². The fourth-order valence-corrected chi connectivity index (χ4v) is 2.16. The second-order valence-electron chi connectivity index (χ2n) is 5.12. The Morgan fingerprint density at radius 1 is 0.714 bits per heavy atom. The molecule has 21 heavy (non-hydrogen) atoms. The summed E-state index contributed by atoms with van der Waals surface area (Å²) in [5, 5.41) is 0. The van der Waals surface area contributed by atoms with Crippen LogP contribution >= 0.6 is 0 Å². The van der Waals surface area contributed by atoms with Gasteiger partial charge in [0, 0.05) is 0 Å². The molecule has 0 unspecified atom stereocenters. The van der Waals surface area contributed by atoms with E-state index in [2.05, 4.69) is 13.0 Å². The molecule has 0 aromatic heterocycles. The first-order valence-electron chi connectivity index (χ1n) is 7.07. The van der Waals surface area contributed by atoms with E-state index in [1.54, 1.807) is 7.11 Å². The van der Waals surface area contributed by atoms with Crippen LogP contribution in [0.1, 0.15) is 16.7 Å². The minimum Gasteiger partial charge on any atom is -0.493 e. The highest BCUT2D eigenvalue weighted by Crippen LogP contribution is 2.27. The van der Waals surface area contributed by atoms with Crippen LogP contribution in [0.3, 0.4) is 0 Å². The van der Waals surface area contributed by atoms with Crippen molar-refractivity contribution in [3.8, 4) is 17.2 Å². The lowest BCUT2D eigenvalue weighted by molar-refractivity contribution is 0.210. The van der Waals surface area contributed by atoms with Gasteiger partial charge in [-0.05, 0) is 50.1 Å². The third-order valence-corrected chi connectivity index (χ3v) is 3.25. The van der Waals surface area contributed by atoms with Crippen LogP contribution in [0.25, 0.3) is 0 Å². The van der Waals surface area contributed by atoms with Gasteiger partial charge in [-0.15, -0.1) is 0 Å². The number of benzene rings is 2. The highest BCUT2D eigenvalue weighted by molar-refractivity contribution is 5.42. The van der Waals surface area contributed by atoms with Crippen molar-refractivity contribution in [3.63, 3.8) is 0 Å². The molecule has 0 aliphatic rings. The van der Waals surface area contributed by atoms with Gasteiger partial charge in [0.2, 0.25) is 0 Å². The molecule has 0 aliphatic carbocycles. The van der Waals surface area contributed by atoms with Crippen molar-refractivity contribution in [2.75, 3.05) is 20.3 Å². The molecule has 2 rings (SSSR count). The summed E-state index contributed by atoms with van der Waals surface area (Å²) in [7, 11) is 1.65. The summed E-state index contributed by atoms with van der Waals surface area (Å²) < 4.78 is 16.8. The minimum atomic E-state index is 0.479. The Morgan fingerprint density at radius 2 is 1.29 bits per heavy atom. The average Bonchev–Trinajstić information content (AvgIpc) is 2.46. The SMILES string of the molecule is COc1cc(C)ccc1OCCOc1ccc(C)cc1C. The van der Waals surface area contributed by atoms with E-state index in [0.29, 0.717) is 13.2 Å². The van der Waals surface area contributed by atoms with Crippen molar-refractivity contribution in [2.24, 2.45) is 0 Å². The van der Waals surface area contributed by atoms with Crippen LogP contribution in [-0.2, 0) is 0 Å². The summed E-state index contributed by atoms with van der Waals surface area (Å²) >= 11 is 0. The Bertz CT molecular complexity index is 605. The molecule has 3 heteroatoms. The molecule has 3 nitrogen and oxygen atoms in total. The largest absolute Gasteiger partial charge is 0.493 e. The van der Waals surface area contributed by atoms with Crippen LogP contribution in [0.2, 0.25) is 0 Å². The monoisotopic (exact) mass is 286 g/mol. The number of hydrogen-bond acceptors (Lipinski definition) is 3. The first kappa shape index (κ1) is 15.2. The normalized spacial score (nSPS) is 10.3. The zero-order chi connectivity index (χ0) is 15.2. The fraction of sp³-hybridized carbons (Fsp3) is 0.333. The molecule has 0 spiro atoms. The van der Waals surface area contributed by atoms with Gasteiger partial charge in [0.25, 0.3) is 0 Å². The van der Waals surface area contributed by atoms with E-state index in [0.717, 1.165) is 28.4 Å². The molecule has 2 aromatic carbocycles. The molecule has 0 bridgehead atoms. The summed E-state index contributed by atoms with van der Waals surface area (Å²) in [6.07, 6.45) is 0. The summed E-state index contributed by atoms with van der Waals surface area (Å²) in [6, 6.07) is 12.0. The number of hydrogen-bond donors (Lipinski definition) is 0. The van der Waals surface area contributed by atoms with Gasteiger partial charge in [0.05, 0.1) is 7.11 Å². The zero-order valence-electron chi connectivity index (χ0n) is 13.1. The molecule has 0 N–H and O–H groups in total. The zero-order valence-corrected chi connectivity index (χ0v) is 13.1. The third kappa shape index (κ3) is 4.15. The highest BCUT2D eigenvalue weighted by Gasteiger charge is 2.05. The van der Waals surface area contributed by atoms with Crippen molar-refractivity contribution < 1.29 is 14.2 Å². The Hall–Kier alpha value is -2.16. The van der Waals surface area contributed by atoms with E-state index in [4.69, 9.17) is 14.2 Å². The summed E-state index contributed by atoms with van der Waals surface area (Å²) in [6.45, 7) is 7.12. The lowest BCUT2D eigenvalue weighted by Crippen LogP contribution is -2.10. The van der Waals surface area contributed by atoms with E-state index >= 15 is 0 Å². The maximum absolute atomic E-state index is 5.74. The molecule has 0 heterocycles. The van der Waals surface area contributed by atoms with Crippen LogP contribution in [-0.4, -0.2) is 20.3 Å². The second kappa shape index (κ2) is 7.02. The molecular formula is C18H22O3. The number of methoxy groups -OCH3 is 1. The highest BCUT2D eigenvalue weighted by atomic mass is 16.5. The first-order valence-corrected chi connectivity index (χ1v) is 7.07. The van der Waals surface area contributed by atoms with Gasteiger partial charge >= 0.3 is 0 Å². The predicted octanol–water partition coefficient (Wildman–Crippen LogP) is 4.08. The molecule has 0 amide bonds. The molecular weight excluding hydrogens is 264 g/mol. The maximum atomic E-state index is 5.74. The van der Waals surface area contributed by atoms with Crippen molar-refractivity contribution in [3.05, 3.63) is 53.1 Å². The third-order valence-electron chi connectivity index (χ3n) is 3.25. The van der Waals surface area contributed by atoms with Gasteiger partial charge in [-0.1, -0.05) is 23.8 Å². The quantitative estimate of drug-likeness (QED) is 0.749. The maximum Gasteiger partial charge on any atom is 0.161 e. The topological polar surface area (TPSA) is 27.7 Å². The molecule has 112 valence electrons. The van der Waals surface area contributed by atoms with Gasteiger partial charge in [-0.25, -0.2) is 0 Å². The fourth-order valence-electron chi connectivity index (χ4n) is 2.16. The Kier molecular flexibility index (Phi) is 5.09. The lowest BCUT2D eigenvalue weighted by atomic mass is 10.1. The molecule has 0 aliphatic heterocycles. The minimum absolute atomic E-state index is 0.479. The Morgan fingerprint density at radius 3 is 1.90 bits per heavy atom. The summed E-state index contributed by atoms with van der Waals surface area (Å²) in [5.74, 6) is 2.40. The smallest absolute Gasteiger partial charge is 0.161 e. The van der Waals surface area contributed by atoms with E-state index in [1.165, 1.54) is 5.56 Å². The van der Waals surface area contributed by atoms with Crippen molar-refractivity contribution >= 4 is 0 Å². The first-order chi connectivity index (χ1) is 10.1. The van der Waals surface area contributed by atoms with Gasteiger partial charge < -0.3 is 14.2 Å². The standard InChI is InChI=1S/C18H22O3/c1-13-5-7-16(15(3)11-13)20-9-10-21-17-8-6-14(2)12-18(17)19-4/h5-8,11-12H,9-10H2,1-4H3. The summed E-state index contributed by atoms with van der Waals surface area (Å²) in [5.41, 5.74) is 3.52. The lowest BCUT2D eigenvalue weighted by Gasteiger charge is -2.13. The molecule has 0 saturated heterocycles. The average molecular weight is 286 g/mol. The van der Waals surface area contributed by atoms with E-state index < -0.39 is 0 Å². The number of ether oxygens (including phenoxy) is 3. The Balaban J connectivity index is 1.87. The molecule has 2 aromatic rings. The predicted molar refractivity (Wildman–Crippen MR) is 84.6 cm³/mol. The van der Waals surface area contributed by atoms with Gasteiger partial charge in [0.15, 0.2) is 11.5 Å². The molecule has 0 radical (unpaired) electrons.